The van der Waals surface area contributed by atoms with Crippen LogP contribution in [-0.2, 0) is 6.54 Å². The van der Waals surface area contributed by atoms with Crippen LogP contribution in [0.3, 0.4) is 0 Å². The summed E-state index contributed by atoms with van der Waals surface area (Å²) < 4.78 is 0. The van der Waals surface area contributed by atoms with Crippen LogP contribution in [-0.4, -0.2) is 29.8 Å². The average molecular weight is 342 g/mol. The minimum absolute atomic E-state index is 0.0625. The molecule has 1 aliphatic rings. The van der Waals surface area contributed by atoms with E-state index in [-0.39, 0.29) is 11.8 Å². The maximum absolute atomic E-state index is 12.4. The Morgan fingerprint density at radius 3 is 2.58 bits per heavy atom. The molecule has 0 aliphatic carbocycles. The Kier molecular flexibility index (Phi) is 5.00. The summed E-state index contributed by atoms with van der Waals surface area (Å²) in [6, 6.07) is 9.46. The lowest BCUT2D eigenvalue weighted by Crippen LogP contribution is -2.28. The van der Waals surface area contributed by atoms with Crippen molar-refractivity contribution in [1.29, 1.82) is 0 Å². The van der Waals surface area contributed by atoms with Gasteiger partial charge in [0.15, 0.2) is 0 Å². The van der Waals surface area contributed by atoms with E-state index in [4.69, 9.17) is 0 Å². The van der Waals surface area contributed by atoms with Crippen molar-refractivity contribution in [2.45, 2.75) is 33.2 Å². The molecule has 1 aliphatic heterocycles. The summed E-state index contributed by atoms with van der Waals surface area (Å²) in [4.78, 5) is 28.5. The van der Waals surface area contributed by atoms with Gasteiger partial charge in [-0.15, -0.1) is 11.3 Å². The van der Waals surface area contributed by atoms with Crippen LogP contribution < -0.4 is 5.32 Å². The molecule has 0 saturated carbocycles. The molecule has 1 saturated heterocycles. The molecule has 2 aromatic rings. The molecule has 2 amide bonds. The van der Waals surface area contributed by atoms with Gasteiger partial charge in [-0.1, -0.05) is 12.1 Å². The molecule has 5 heteroatoms. The zero-order valence-electron chi connectivity index (χ0n) is 14.1. The normalized spacial score (nSPS) is 14.0. The molecule has 2 heterocycles. The number of carbonyl (C=O) groups excluding carboxylic acids is 2. The van der Waals surface area contributed by atoms with Gasteiger partial charge in [0.2, 0.25) is 0 Å². The Labute approximate surface area is 146 Å². The van der Waals surface area contributed by atoms with E-state index in [1.54, 1.807) is 0 Å². The van der Waals surface area contributed by atoms with Crippen molar-refractivity contribution in [3.63, 3.8) is 0 Å². The average Bonchev–Trinajstić information content (AvgIpc) is 3.23. The molecule has 3 rings (SSSR count). The van der Waals surface area contributed by atoms with Gasteiger partial charge in [-0.05, 0) is 56.0 Å². The van der Waals surface area contributed by atoms with Crippen molar-refractivity contribution >= 4 is 23.2 Å². The lowest BCUT2D eigenvalue weighted by atomic mass is 10.1. The molecule has 1 fully saturated rings. The van der Waals surface area contributed by atoms with Crippen LogP contribution in [0.1, 0.15) is 48.9 Å². The van der Waals surface area contributed by atoms with Crippen molar-refractivity contribution in [3.8, 4) is 0 Å². The Balaban J connectivity index is 1.64. The molecule has 4 nitrogen and oxygen atoms in total. The zero-order chi connectivity index (χ0) is 17.1. The highest BCUT2D eigenvalue weighted by molar-refractivity contribution is 7.14. The summed E-state index contributed by atoms with van der Waals surface area (Å²) in [7, 11) is 0. The van der Waals surface area contributed by atoms with Crippen LogP contribution >= 0.6 is 11.3 Å². The van der Waals surface area contributed by atoms with Crippen LogP contribution in [0.15, 0.2) is 30.3 Å². The molecule has 1 aromatic heterocycles. The van der Waals surface area contributed by atoms with Gasteiger partial charge in [-0.25, -0.2) is 0 Å². The fourth-order valence-electron chi connectivity index (χ4n) is 2.87. The lowest BCUT2D eigenvalue weighted by molar-refractivity contribution is 0.0792. The van der Waals surface area contributed by atoms with Crippen molar-refractivity contribution in [2.75, 3.05) is 13.1 Å². The Bertz CT molecular complexity index is 741. The summed E-state index contributed by atoms with van der Waals surface area (Å²) in [5, 5.41) is 2.94. The van der Waals surface area contributed by atoms with Gasteiger partial charge < -0.3 is 10.2 Å². The van der Waals surface area contributed by atoms with Crippen molar-refractivity contribution in [3.05, 3.63) is 56.8 Å². The predicted octanol–water partition coefficient (Wildman–Crippen LogP) is 3.53. The molecule has 126 valence electrons. The number of hydrogen-bond donors (Lipinski definition) is 1. The summed E-state index contributed by atoms with van der Waals surface area (Å²) >= 11 is 1.51. The number of nitrogens with one attached hydrogen (secondary N) is 1. The zero-order valence-corrected chi connectivity index (χ0v) is 14.9. The van der Waals surface area contributed by atoms with Gasteiger partial charge in [0.25, 0.3) is 11.8 Å². The minimum Gasteiger partial charge on any atom is -0.347 e. The Morgan fingerprint density at radius 1 is 1.17 bits per heavy atom. The smallest absolute Gasteiger partial charge is 0.261 e. The highest BCUT2D eigenvalue weighted by atomic mass is 32.1. The summed E-state index contributed by atoms with van der Waals surface area (Å²) in [5.41, 5.74) is 2.79. The first kappa shape index (κ1) is 16.7. The van der Waals surface area contributed by atoms with Crippen LogP contribution in [0.5, 0.6) is 0 Å². The fourth-order valence-corrected chi connectivity index (χ4v) is 3.82. The number of nitrogens with zero attached hydrogens (tertiary/aromatic N) is 1. The van der Waals surface area contributed by atoms with Crippen LogP contribution in [0.2, 0.25) is 0 Å². The highest BCUT2D eigenvalue weighted by Gasteiger charge is 2.19. The monoisotopic (exact) mass is 342 g/mol. The second kappa shape index (κ2) is 7.18. The number of amides is 2. The number of likely N-dealkylation sites (tertiary alicyclic amines) is 1. The van der Waals surface area contributed by atoms with Gasteiger partial charge in [-0.3, -0.25) is 9.59 Å². The molecule has 0 bridgehead atoms. The molecule has 0 atom stereocenters. The topological polar surface area (TPSA) is 49.4 Å². The molecule has 1 aromatic carbocycles. The molecule has 0 radical (unpaired) electrons. The maximum atomic E-state index is 12.4. The number of rotatable bonds is 4. The van der Waals surface area contributed by atoms with Crippen molar-refractivity contribution in [2.24, 2.45) is 0 Å². The van der Waals surface area contributed by atoms with Crippen molar-refractivity contribution in [1.82, 2.24) is 10.2 Å². The number of carbonyl (C=O) groups is 2. The van der Waals surface area contributed by atoms with Gasteiger partial charge >= 0.3 is 0 Å². The quantitative estimate of drug-likeness (QED) is 0.924. The standard InChI is InChI=1S/C19H22N2O2S/c1-13-10-17(24-14(13)2)18(22)20-12-15-6-5-7-16(11-15)19(23)21-8-3-4-9-21/h5-7,10-11H,3-4,8-9,12H2,1-2H3,(H,20,22). The lowest BCUT2D eigenvalue weighted by Gasteiger charge is -2.15. The third kappa shape index (κ3) is 3.67. The van der Waals surface area contributed by atoms with Crippen LogP contribution in [0, 0.1) is 13.8 Å². The molecule has 24 heavy (non-hydrogen) atoms. The molecular formula is C19H22N2O2S. The second-order valence-electron chi connectivity index (χ2n) is 6.23. The van der Waals surface area contributed by atoms with Gasteiger partial charge in [0.05, 0.1) is 4.88 Å². The van der Waals surface area contributed by atoms with Crippen LogP contribution in [0.25, 0.3) is 0 Å². The van der Waals surface area contributed by atoms with Crippen molar-refractivity contribution < 1.29 is 9.59 Å². The highest BCUT2D eigenvalue weighted by Crippen LogP contribution is 2.20. The Hall–Kier alpha value is -2.14. The van der Waals surface area contributed by atoms with E-state index in [1.165, 1.54) is 16.2 Å². The first-order chi connectivity index (χ1) is 11.5. The predicted molar refractivity (Wildman–Crippen MR) is 96.5 cm³/mol. The van der Waals surface area contributed by atoms with E-state index < -0.39 is 0 Å². The summed E-state index contributed by atoms with van der Waals surface area (Å²) in [6.45, 7) is 6.14. The Morgan fingerprint density at radius 2 is 1.92 bits per heavy atom. The van der Waals surface area contributed by atoms with E-state index in [1.807, 2.05) is 49.1 Å². The number of aryl methyl sites for hydroxylation is 2. The fraction of sp³-hybridized carbons (Fsp3) is 0.368. The second-order valence-corrected chi connectivity index (χ2v) is 7.49. The van der Waals surface area contributed by atoms with E-state index in [0.29, 0.717) is 12.1 Å². The SMILES string of the molecule is Cc1cc(C(=O)NCc2cccc(C(=O)N3CCCC3)c2)sc1C. The summed E-state index contributed by atoms with van der Waals surface area (Å²) in [6.07, 6.45) is 2.17. The van der Waals surface area contributed by atoms with Gasteiger partial charge in [0.1, 0.15) is 0 Å². The number of hydrogen-bond acceptors (Lipinski definition) is 3. The molecule has 0 spiro atoms. The van der Waals surface area contributed by atoms with E-state index >= 15 is 0 Å². The molecule has 0 unspecified atom stereocenters. The minimum atomic E-state index is -0.0625. The maximum Gasteiger partial charge on any atom is 0.261 e. The largest absolute Gasteiger partial charge is 0.347 e. The van der Waals surface area contributed by atoms with E-state index in [9.17, 15) is 9.59 Å². The first-order valence-corrected chi connectivity index (χ1v) is 9.09. The van der Waals surface area contributed by atoms with E-state index in [2.05, 4.69) is 5.32 Å². The van der Waals surface area contributed by atoms with Crippen LogP contribution in [0.4, 0.5) is 0 Å². The third-order valence-electron chi connectivity index (χ3n) is 4.41. The van der Waals surface area contributed by atoms with E-state index in [0.717, 1.165) is 41.9 Å². The summed E-state index contributed by atoms with van der Waals surface area (Å²) in [5.74, 6) is 0.0256. The number of benzene rings is 1. The molecule has 1 N–H and O–H groups in total. The third-order valence-corrected chi connectivity index (χ3v) is 5.56. The van der Waals surface area contributed by atoms with Gasteiger partial charge in [-0.2, -0.15) is 0 Å². The molecular weight excluding hydrogens is 320 g/mol. The number of thiophene rings is 1. The first-order valence-electron chi connectivity index (χ1n) is 8.28. The van der Waals surface area contributed by atoms with Gasteiger partial charge in [0, 0.05) is 30.1 Å².